The lowest BCUT2D eigenvalue weighted by Crippen LogP contribution is -2.60. The molecule has 19 heavy (non-hydrogen) atoms. The van der Waals surface area contributed by atoms with E-state index in [0.29, 0.717) is 12.1 Å². The average Bonchev–Trinajstić information content (AvgIpc) is 2.37. The number of hydrogen-bond acceptors (Lipinski definition) is 3. The second kappa shape index (κ2) is 5.93. The monoisotopic (exact) mass is 262 g/mol. The van der Waals surface area contributed by atoms with Crippen LogP contribution in [0.15, 0.2) is 24.3 Å². The summed E-state index contributed by atoms with van der Waals surface area (Å²) in [4.78, 5) is 0. The van der Waals surface area contributed by atoms with Gasteiger partial charge in [-0.15, -0.1) is 0 Å². The van der Waals surface area contributed by atoms with Gasteiger partial charge in [-0.2, -0.15) is 0 Å². The molecule has 2 unspecified atom stereocenters. The highest BCUT2D eigenvalue weighted by molar-refractivity contribution is 5.40. The van der Waals surface area contributed by atoms with E-state index < -0.39 is 0 Å². The second-order valence-electron chi connectivity index (χ2n) is 6.14. The summed E-state index contributed by atoms with van der Waals surface area (Å²) in [5.41, 5.74) is 8.21. The topological polar surface area (TPSA) is 47.3 Å². The van der Waals surface area contributed by atoms with Gasteiger partial charge in [0.2, 0.25) is 0 Å². The number of nitrogens with one attached hydrogen (secondary N) is 1. The van der Waals surface area contributed by atoms with Crippen molar-refractivity contribution in [3.63, 3.8) is 0 Å². The molecule has 0 spiro atoms. The molecule has 0 aromatic heterocycles. The van der Waals surface area contributed by atoms with Crippen molar-refractivity contribution in [2.24, 2.45) is 5.41 Å². The molecule has 1 aromatic carbocycles. The molecule has 1 aliphatic carbocycles. The third kappa shape index (κ3) is 3.28. The Bertz CT molecular complexity index is 417. The first-order valence-corrected chi connectivity index (χ1v) is 7.14. The Morgan fingerprint density at radius 3 is 2.84 bits per heavy atom. The van der Waals surface area contributed by atoms with Crippen molar-refractivity contribution in [3.05, 3.63) is 29.8 Å². The van der Waals surface area contributed by atoms with Gasteiger partial charge in [0, 0.05) is 24.3 Å². The Morgan fingerprint density at radius 1 is 1.42 bits per heavy atom. The maximum Gasteiger partial charge on any atom is 0.0652 e. The van der Waals surface area contributed by atoms with Crippen molar-refractivity contribution < 1.29 is 4.74 Å². The predicted octanol–water partition coefficient (Wildman–Crippen LogP) is 2.60. The highest BCUT2D eigenvalue weighted by Crippen LogP contribution is 2.42. The minimum absolute atomic E-state index is 0.256. The van der Waals surface area contributed by atoms with Gasteiger partial charge in [0.15, 0.2) is 0 Å². The smallest absolute Gasteiger partial charge is 0.0652 e. The Labute approximate surface area is 116 Å². The van der Waals surface area contributed by atoms with Gasteiger partial charge in [0.25, 0.3) is 0 Å². The standard InChI is InChI=1S/C16H26N2O/c1-16(2)14(11-15(16)19-3)18-9-5-7-12-6-4-8-13(17)10-12/h4,6,8,10,14-15,18H,5,7,9,11,17H2,1-3H3. The molecule has 0 radical (unpaired) electrons. The molecule has 1 aliphatic rings. The number of nitrogen functional groups attached to an aromatic ring is 1. The van der Waals surface area contributed by atoms with Crippen LogP contribution in [0.4, 0.5) is 5.69 Å². The average molecular weight is 262 g/mol. The first kappa shape index (κ1) is 14.4. The summed E-state index contributed by atoms with van der Waals surface area (Å²) in [5, 5.41) is 3.65. The van der Waals surface area contributed by atoms with Gasteiger partial charge in [-0.3, -0.25) is 0 Å². The number of hydrogen-bond donors (Lipinski definition) is 2. The molecule has 106 valence electrons. The van der Waals surface area contributed by atoms with E-state index in [9.17, 15) is 0 Å². The molecular weight excluding hydrogens is 236 g/mol. The van der Waals surface area contributed by atoms with Gasteiger partial charge in [-0.1, -0.05) is 26.0 Å². The molecule has 0 heterocycles. The number of benzene rings is 1. The van der Waals surface area contributed by atoms with Crippen molar-refractivity contribution in [2.45, 2.75) is 45.3 Å². The van der Waals surface area contributed by atoms with Gasteiger partial charge < -0.3 is 15.8 Å². The van der Waals surface area contributed by atoms with E-state index in [2.05, 4.69) is 31.3 Å². The highest BCUT2D eigenvalue weighted by atomic mass is 16.5. The molecular formula is C16H26N2O. The van der Waals surface area contributed by atoms with Crippen molar-refractivity contribution in [1.82, 2.24) is 5.32 Å². The van der Waals surface area contributed by atoms with Crippen LogP contribution in [0.2, 0.25) is 0 Å². The predicted molar refractivity (Wildman–Crippen MR) is 80.2 cm³/mol. The van der Waals surface area contributed by atoms with E-state index in [0.717, 1.165) is 31.5 Å². The molecule has 2 rings (SSSR count). The lowest BCUT2D eigenvalue weighted by Gasteiger charge is -2.51. The lowest BCUT2D eigenvalue weighted by atomic mass is 9.64. The number of nitrogens with two attached hydrogens (primary N) is 1. The fraction of sp³-hybridized carbons (Fsp3) is 0.625. The van der Waals surface area contributed by atoms with E-state index in [1.807, 2.05) is 19.2 Å². The summed E-state index contributed by atoms with van der Waals surface area (Å²) >= 11 is 0. The zero-order valence-corrected chi connectivity index (χ0v) is 12.3. The molecule has 1 fully saturated rings. The zero-order valence-electron chi connectivity index (χ0n) is 12.3. The molecule has 3 N–H and O–H groups in total. The summed E-state index contributed by atoms with van der Waals surface area (Å²) in [7, 11) is 1.81. The summed E-state index contributed by atoms with van der Waals surface area (Å²) in [6.07, 6.45) is 3.76. The lowest BCUT2D eigenvalue weighted by molar-refractivity contribution is -0.0972. The first-order valence-electron chi connectivity index (χ1n) is 7.14. The SMILES string of the molecule is COC1CC(NCCCc2cccc(N)c2)C1(C)C. The maximum absolute atomic E-state index is 5.78. The van der Waals surface area contributed by atoms with Crippen LogP contribution < -0.4 is 11.1 Å². The van der Waals surface area contributed by atoms with Crippen LogP contribution in [0.25, 0.3) is 0 Å². The van der Waals surface area contributed by atoms with Crippen LogP contribution in [0.3, 0.4) is 0 Å². The van der Waals surface area contributed by atoms with Crippen molar-refractivity contribution in [3.8, 4) is 0 Å². The van der Waals surface area contributed by atoms with Gasteiger partial charge in [0.1, 0.15) is 0 Å². The maximum atomic E-state index is 5.78. The number of rotatable bonds is 6. The third-order valence-electron chi connectivity index (χ3n) is 4.45. The molecule has 1 aromatic rings. The number of methoxy groups -OCH3 is 1. The Hall–Kier alpha value is -1.06. The van der Waals surface area contributed by atoms with Gasteiger partial charge in [0.05, 0.1) is 6.10 Å². The molecule has 0 saturated heterocycles. The first-order chi connectivity index (χ1) is 9.04. The minimum atomic E-state index is 0.256. The molecule has 0 amide bonds. The normalized spacial score (nSPS) is 25.0. The number of ether oxygens (including phenoxy) is 1. The van der Waals surface area contributed by atoms with Crippen LogP contribution in [0.1, 0.15) is 32.3 Å². The zero-order chi connectivity index (χ0) is 13.9. The van der Waals surface area contributed by atoms with Gasteiger partial charge in [-0.05, 0) is 43.5 Å². The van der Waals surface area contributed by atoms with E-state index >= 15 is 0 Å². The second-order valence-corrected chi connectivity index (χ2v) is 6.14. The molecule has 3 heteroatoms. The van der Waals surface area contributed by atoms with Crippen LogP contribution in [-0.4, -0.2) is 25.8 Å². The summed E-state index contributed by atoms with van der Waals surface area (Å²) in [6, 6.07) is 8.75. The fourth-order valence-electron chi connectivity index (χ4n) is 2.95. The number of anilines is 1. The van der Waals surface area contributed by atoms with Crippen molar-refractivity contribution in [1.29, 1.82) is 0 Å². The third-order valence-corrected chi connectivity index (χ3v) is 4.45. The summed E-state index contributed by atoms with van der Waals surface area (Å²) in [6.45, 7) is 5.61. The molecule has 3 nitrogen and oxygen atoms in total. The summed E-state index contributed by atoms with van der Waals surface area (Å²) < 4.78 is 5.47. The van der Waals surface area contributed by atoms with Crippen LogP contribution >= 0.6 is 0 Å². The minimum Gasteiger partial charge on any atom is -0.399 e. The van der Waals surface area contributed by atoms with Crippen molar-refractivity contribution >= 4 is 5.69 Å². The van der Waals surface area contributed by atoms with Crippen LogP contribution in [-0.2, 0) is 11.2 Å². The van der Waals surface area contributed by atoms with Crippen LogP contribution in [0.5, 0.6) is 0 Å². The van der Waals surface area contributed by atoms with Crippen molar-refractivity contribution in [2.75, 3.05) is 19.4 Å². The Balaban J connectivity index is 1.68. The van der Waals surface area contributed by atoms with E-state index in [1.165, 1.54) is 5.56 Å². The molecule has 0 aliphatic heterocycles. The van der Waals surface area contributed by atoms with E-state index in [1.54, 1.807) is 0 Å². The Kier molecular flexibility index (Phi) is 4.48. The van der Waals surface area contributed by atoms with Gasteiger partial charge in [-0.25, -0.2) is 0 Å². The van der Waals surface area contributed by atoms with Gasteiger partial charge >= 0.3 is 0 Å². The highest BCUT2D eigenvalue weighted by Gasteiger charge is 2.47. The Morgan fingerprint density at radius 2 is 2.21 bits per heavy atom. The van der Waals surface area contributed by atoms with E-state index in [-0.39, 0.29) is 5.41 Å². The quantitative estimate of drug-likeness (QED) is 0.612. The van der Waals surface area contributed by atoms with Crippen LogP contribution in [0, 0.1) is 5.41 Å². The fourth-order valence-corrected chi connectivity index (χ4v) is 2.95. The molecule has 1 saturated carbocycles. The summed E-state index contributed by atoms with van der Waals surface area (Å²) in [5.74, 6) is 0. The van der Waals surface area contributed by atoms with E-state index in [4.69, 9.17) is 10.5 Å². The molecule has 0 bridgehead atoms. The molecule has 2 atom stereocenters. The largest absolute Gasteiger partial charge is 0.399 e. The number of aryl methyl sites for hydroxylation is 1.